The van der Waals surface area contributed by atoms with Gasteiger partial charge in [-0.1, -0.05) is 19.8 Å². The third-order valence-electron chi connectivity index (χ3n) is 4.93. The van der Waals surface area contributed by atoms with Gasteiger partial charge in [0.1, 0.15) is 0 Å². The monoisotopic (exact) mass is 300 g/mol. The van der Waals surface area contributed by atoms with E-state index < -0.39 is 0 Å². The van der Waals surface area contributed by atoms with E-state index in [-0.39, 0.29) is 0 Å². The van der Waals surface area contributed by atoms with Crippen molar-refractivity contribution < 1.29 is 9.47 Å². The summed E-state index contributed by atoms with van der Waals surface area (Å²) in [5.74, 6) is 1.49. The second kappa shape index (κ2) is 10.5. The van der Waals surface area contributed by atoms with Crippen LogP contribution in [0, 0.1) is 11.8 Å². The SMILES string of the molecule is CCCC1CCC(N)C(CN(CCOC)C(C)COC)C1. The van der Waals surface area contributed by atoms with Gasteiger partial charge in [-0.05, 0) is 38.0 Å². The maximum Gasteiger partial charge on any atom is 0.0615 e. The van der Waals surface area contributed by atoms with Crippen LogP contribution in [0.4, 0.5) is 0 Å². The molecule has 4 nitrogen and oxygen atoms in total. The standard InChI is InChI=1S/C17H36N2O2/c1-5-6-15-7-8-17(18)16(11-15)12-19(9-10-20-3)14(2)13-21-4/h14-17H,5-13,18H2,1-4H3. The van der Waals surface area contributed by atoms with E-state index in [9.17, 15) is 0 Å². The Kier molecular flexibility index (Phi) is 9.49. The molecule has 0 bridgehead atoms. The maximum atomic E-state index is 6.40. The molecule has 0 aromatic carbocycles. The Morgan fingerprint density at radius 3 is 2.62 bits per heavy atom. The quantitative estimate of drug-likeness (QED) is 0.673. The van der Waals surface area contributed by atoms with E-state index in [1.165, 1.54) is 32.1 Å². The smallest absolute Gasteiger partial charge is 0.0615 e. The van der Waals surface area contributed by atoms with Crippen molar-refractivity contribution in [3.63, 3.8) is 0 Å². The maximum absolute atomic E-state index is 6.40. The molecule has 1 aliphatic carbocycles. The number of ether oxygens (including phenoxy) is 2. The van der Waals surface area contributed by atoms with Gasteiger partial charge in [-0.25, -0.2) is 0 Å². The van der Waals surface area contributed by atoms with E-state index in [0.29, 0.717) is 18.0 Å². The lowest BCUT2D eigenvalue weighted by molar-refractivity contribution is 0.0522. The minimum Gasteiger partial charge on any atom is -0.383 e. The summed E-state index contributed by atoms with van der Waals surface area (Å²) in [6, 6.07) is 0.779. The summed E-state index contributed by atoms with van der Waals surface area (Å²) < 4.78 is 10.6. The highest BCUT2D eigenvalue weighted by Gasteiger charge is 2.30. The van der Waals surface area contributed by atoms with Crippen LogP contribution in [-0.2, 0) is 9.47 Å². The number of methoxy groups -OCH3 is 2. The van der Waals surface area contributed by atoms with Gasteiger partial charge in [-0.2, -0.15) is 0 Å². The molecule has 0 aliphatic heterocycles. The van der Waals surface area contributed by atoms with Crippen molar-refractivity contribution in [2.75, 3.05) is 40.5 Å². The summed E-state index contributed by atoms with van der Waals surface area (Å²) in [7, 11) is 3.54. The minimum absolute atomic E-state index is 0.359. The first kappa shape index (κ1) is 18.9. The molecule has 1 saturated carbocycles. The molecule has 4 heteroatoms. The molecule has 4 atom stereocenters. The van der Waals surface area contributed by atoms with Crippen molar-refractivity contribution in [1.29, 1.82) is 0 Å². The summed E-state index contributed by atoms with van der Waals surface area (Å²) >= 11 is 0. The van der Waals surface area contributed by atoms with Crippen LogP contribution in [-0.4, -0.2) is 57.5 Å². The van der Waals surface area contributed by atoms with Gasteiger partial charge in [0.2, 0.25) is 0 Å². The lowest BCUT2D eigenvalue weighted by atomic mass is 9.76. The zero-order valence-corrected chi connectivity index (χ0v) is 14.5. The zero-order chi connectivity index (χ0) is 15.7. The molecule has 4 unspecified atom stereocenters. The van der Waals surface area contributed by atoms with Crippen LogP contribution in [0.1, 0.15) is 46.0 Å². The summed E-state index contributed by atoms with van der Waals surface area (Å²) in [6.07, 6.45) is 6.44. The van der Waals surface area contributed by atoms with Crippen molar-refractivity contribution in [3.8, 4) is 0 Å². The van der Waals surface area contributed by atoms with E-state index in [1.54, 1.807) is 14.2 Å². The average Bonchev–Trinajstić information content (AvgIpc) is 2.47. The van der Waals surface area contributed by atoms with E-state index in [1.807, 2.05) is 0 Å². The average molecular weight is 300 g/mol. The number of nitrogens with two attached hydrogens (primary N) is 1. The normalized spacial score (nSPS) is 28.0. The van der Waals surface area contributed by atoms with Crippen LogP contribution in [0.3, 0.4) is 0 Å². The number of hydrogen-bond acceptors (Lipinski definition) is 4. The van der Waals surface area contributed by atoms with Crippen LogP contribution in [0.15, 0.2) is 0 Å². The zero-order valence-electron chi connectivity index (χ0n) is 14.5. The van der Waals surface area contributed by atoms with Crippen molar-refractivity contribution in [3.05, 3.63) is 0 Å². The Bertz CT molecular complexity index is 263. The first-order valence-electron chi connectivity index (χ1n) is 8.59. The van der Waals surface area contributed by atoms with Gasteiger partial charge in [-0.3, -0.25) is 4.90 Å². The van der Waals surface area contributed by atoms with E-state index >= 15 is 0 Å². The molecule has 21 heavy (non-hydrogen) atoms. The van der Waals surface area contributed by atoms with Crippen molar-refractivity contribution in [2.24, 2.45) is 17.6 Å². The molecule has 0 spiro atoms. The van der Waals surface area contributed by atoms with Gasteiger partial charge >= 0.3 is 0 Å². The van der Waals surface area contributed by atoms with E-state index in [2.05, 4.69) is 18.7 Å². The largest absolute Gasteiger partial charge is 0.383 e. The van der Waals surface area contributed by atoms with Crippen LogP contribution < -0.4 is 5.73 Å². The van der Waals surface area contributed by atoms with Crippen LogP contribution in [0.2, 0.25) is 0 Å². The molecule has 2 N–H and O–H groups in total. The molecule has 0 radical (unpaired) electrons. The molecule has 0 heterocycles. The topological polar surface area (TPSA) is 47.7 Å². The summed E-state index contributed by atoms with van der Waals surface area (Å²) in [6.45, 7) is 8.10. The van der Waals surface area contributed by atoms with Crippen molar-refractivity contribution in [2.45, 2.75) is 58.0 Å². The lowest BCUT2D eigenvalue weighted by Crippen LogP contribution is -2.47. The number of rotatable bonds is 10. The van der Waals surface area contributed by atoms with E-state index in [4.69, 9.17) is 15.2 Å². The fourth-order valence-electron chi connectivity index (χ4n) is 3.61. The first-order valence-corrected chi connectivity index (χ1v) is 8.59. The van der Waals surface area contributed by atoms with Gasteiger partial charge in [0.05, 0.1) is 13.2 Å². The van der Waals surface area contributed by atoms with Crippen LogP contribution in [0.25, 0.3) is 0 Å². The summed E-state index contributed by atoms with van der Waals surface area (Å²) in [5, 5.41) is 0. The highest BCUT2D eigenvalue weighted by atomic mass is 16.5. The highest BCUT2D eigenvalue weighted by Crippen LogP contribution is 2.32. The molecule has 1 aliphatic rings. The van der Waals surface area contributed by atoms with Crippen molar-refractivity contribution in [1.82, 2.24) is 4.90 Å². The second-order valence-electron chi connectivity index (χ2n) is 6.68. The van der Waals surface area contributed by atoms with Gasteiger partial charge in [0.25, 0.3) is 0 Å². The fourth-order valence-corrected chi connectivity index (χ4v) is 3.61. The summed E-state index contributed by atoms with van der Waals surface area (Å²) in [5.41, 5.74) is 6.40. The molecule has 1 fully saturated rings. The predicted molar refractivity (Wildman–Crippen MR) is 88.5 cm³/mol. The first-order chi connectivity index (χ1) is 10.1. The number of hydrogen-bond donors (Lipinski definition) is 1. The van der Waals surface area contributed by atoms with Crippen LogP contribution in [0.5, 0.6) is 0 Å². The summed E-state index contributed by atoms with van der Waals surface area (Å²) in [4.78, 5) is 2.49. The number of nitrogens with zero attached hydrogens (tertiary/aromatic N) is 1. The molecule has 0 aromatic rings. The molecule has 0 aromatic heterocycles. The molecule has 1 rings (SSSR count). The molecular formula is C17H36N2O2. The Balaban J connectivity index is 2.57. The highest BCUT2D eigenvalue weighted by molar-refractivity contribution is 4.85. The van der Waals surface area contributed by atoms with Crippen LogP contribution >= 0.6 is 0 Å². The van der Waals surface area contributed by atoms with Gasteiger partial charge in [-0.15, -0.1) is 0 Å². The third kappa shape index (κ3) is 6.64. The lowest BCUT2D eigenvalue weighted by Gasteiger charge is -2.39. The molecular weight excluding hydrogens is 264 g/mol. The third-order valence-corrected chi connectivity index (χ3v) is 4.93. The van der Waals surface area contributed by atoms with Crippen molar-refractivity contribution >= 4 is 0 Å². The van der Waals surface area contributed by atoms with E-state index in [0.717, 1.165) is 32.2 Å². The molecule has 126 valence electrons. The van der Waals surface area contributed by atoms with Gasteiger partial charge < -0.3 is 15.2 Å². The molecule has 0 saturated heterocycles. The molecule has 0 amide bonds. The Hall–Kier alpha value is -0.160. The Labute approximate surface area is 131 Å². The minimum atomic E-state index is 0.359. The van der Waals surface area contributed by atoms with Gasteiger partial charge in [0, 0.05) is 39.4 Å². The Morgan fingerprint density at radius 2 is 2.00 bits per heavy atom. The predicted octanol–water partition coefficient (Wildman–Crippen LogP) is 2.51. The second-order valence-corrected chi connectivity index (χ2v) is 6.68. The Morgan fingerprint density at radius 1 is 1.24 bits per heavy atom. The van der Waals surface area contributed by atoms with Gasteiger partial charge in [0.15, 0.2) is 0 Å². The fraction of sp³-hybridized carbons (Fsp3) is 1.00.